The topological polar surface area (TPSA) is 48.3 Å². The molecule has 0 aromatic heterocycles. The van der Waals surface area contributed by atoms with E-state index < -0.39 is 0 Å². The van der Waals surface area contributed by atoms with E-state index in [9.17, 15) is 5.26 Å². The molecular weight excluding hydrogens is 238 g/mol. The molecule has 4 nitrogen and oxygen atoms in total. The minimum absolute atomic E-state index is 0.338. The second-order valence-corrected chi connectivity index (χ2v) is 5.42. The Morgan fingerprint density at radius 3 is 2.84 bits per heavy atom. The van der Waals surface area contributed by atoms with Gasteiger partial charge in [-0.05, 0) is 59.2 Å². The lowest BCUT2D eigenvalue weighted by molar-refractivity contribution is 0.00529. The average Bonchev–Trinajstić information content (AvgIpc) is 2.45. The van der Waals surface area contributed by atoms with E-state index in [0.717, 1.165) is 39.0 Å². The second kappa shape index (κ2) is 8.52. The molecule has 0 spiro atoms. The monoisotopic (exact) mass is 267 g/mol. The molecule has 0 aromatic rings. The van der Waals surface area contributed by atoms with Gasteiger partial charge >= 0.3 is 0 Å². The second-order valence-electron chi connectivity index (χ2n) is 5.42. The molecule has 0 aliphatic carbocycles. The first-order valence-corrected chi connectivity index (χ1v) is 7.63. The third-order valence-corrected chi connectivity index (χ3v) is 4.24. The van der Waals surface area contributed by atoms with E-state index in [0.29, 0.717) is 6.10 Å². The zero-order chi connectivity index (χ0) is 14.1. The lowest BCUT2D eigenvalue weighted by atomic mass is 9.92. The summed E-state index contributed by atoms with van der Waals surface area (Å²) in [6, 6.07) is 2.43. The first-order valence-electron chi connectivity index (χ1n) is 7.63. The van der Waals surface area contributed by atoms with Gasteiger partial charge in [-0.25, -0.2) is 0 Å². The highest BCUT2D eigenvalue weighted by Gasteiger charge is 2.26. The SMILES string of the molecule is CCOC1CCCN(CCCC(C#N)(CC)NC)C1. The molecule has 0 aromatic carbocycles. The number of nitrogens with zero attached hydrogens (tertiary/aromatic N) is 2. The van der Waals surface area contributed by atoms with Gasteiger partial charge in [-0.3, -0.25) is 0 Å². The van der Waals surface area contributed by atoms with Gasteiger partial charge in [0.2, 0.25) is 0 Å². The zero-order valence-corrected chi connectivity index (χ0v) is 12.7. The van der Waals surface area contributed by atoms with Gasteiger partial charge in [0.1, 0.15) is 5.54 Å². The molecule has 0 saturated carbocycles. The van der Waals surface area contributed by atoms with Crippen LogP contribution in [0.4, 0.5) is 0 Å². The molecule has 19 heavy (non-hydrogen) atoms. The molecule has 0 radical (unpaired) electrons. The first kappa shape index (κ1) is 16.4. The van der Waals surface area contributed by atoms with Crippen LogP contribution in [0.5, 0.6) is 0 Å². The van der Waals surface area contributed by atoms with E-state index in [4.69, 9.17) is 4.74 Å². The van der Waals surface area contributed by atoms with Crippen molar-refractivity contribution >= 4 is 0 Å². The van der Waals surface area contributed by atoms with Gasteiger partial charge in [0.25, 0.3) is 0 Å². The lowest BCUT2D eigenvalue weighted by Crippen LogP contribution is -2.43. The quantitative estimate of drug-likeness (QED) is 0.732. The number of nitrogens with one attached hydrogen (secondary N) is 1. The van der Waals surface area contributed by atoms with Crippen LogP contribution in [0.1, 0.15) is 46.0 Å². The van der Waals surface area contributed by atoms with Crippen LogP contribution < -0.4 is 5.32 Å². The molecule has 110 valence electrons. The van der Waals surface area contributed by atoms with E-state index in [2.05, 4.69) is 30.1 Å². The maximum atomic E-state index is 9.28. The van der Waals surface area contributed by atoms with E-state index in [1.54, 1.807) is 0 Å². The van der Waals surface area contributed by atoms with Crippen LogP contribution in [0, 0.1) is 11.3 Å². The summed E-state index contributed by atoms with van der Waals surface area (Å²) in [5.41, 5.74) is -0.338. The predicted molar refractivity (Wildman–Crippen MR) is 78.0 cm³/mol. The highest BCUT2D eigenvalue weighted by atomic mass is 16.5. The van der Waals surface area contributed by atoms with E-state index in [1.807, 2.05) is 7.05 Å². The molecule has 1 fully saturated rings. The molecule has 1 heterocycles. The minimum atomic E-state index is -0.338. The summed E-state index contributed by atoms with van der Waals surface area (Å²) in [6.45, 7) is 8.26. The van der Waals surface area contributed by atoms with E-state index in [-0.39, 0.29) is 5.54 Å². The van der Waals surface area contributed by atoms with Crippen molar-refractivity contribution in [3.05, 3.63) is 0 Å². The summed E-state index contributed by atoms with van der Waals surface area (Å²) >= 11 is 0. The number of rotatable bonds is 8. The molecule has 2 atom stereocenters. The number of hydrogen-bond acceptors (Lipinski definition) is 4. The molecule has 1 rings (SSSR count). The Kier molecular flexibility index (Phi) is 7.37. The first-order chi connectivity index (χ1) is 9.19. The Morgan fingerprint density at radius 2 is 2.26 bits per heavy atom. The van der Waals surface area contributed by atoms with Crippen LogP contribution in [0.3, 0.4) is 0 Å². The van der Waals surface area contributed by atoms with Gasteiger partial charge in [-0.1, -0.05) is 6.92 Å². The Balaban J connectivity index is 2.30. The summed E-state index contributed by atoms with van der Waals surface area (Å²) in [5.74, 6) is 0. The lowest BCUT2D eigenvalue weighted by Gasteiger charge is -2.33. The van der Waals surface area contributed by atoms with Crippen LogP contribution in [0.15, 0.2) is 0 Å². The van der Waals surface area contributed by atoms with Gasteiger partial charge in [-0.2, -0.15) is 5.26 Å². The minimum Gasteiger partial charge on any atom is -0.377 e. The maximum Gasteiger partial charge on any atom is 0.106 e. The number of nitriles is 1. The van der Waals surface area contributed by atoms with Crippen molar-refractivity contribution in [3.8, 4) is 6.07 Å². The number of ether oxygens (including phenoxy) is 1. The summed E-state index contributed by atoms with van der Waals surface area (Å²) < 4.78 is 5.72. The molecule has 1 N–H and O–H groups in total. The van der Waals surface area contributed by atoms with Gasteiger partial charge < -0.3 is 15.0 Å². The van der Waals surface area contributed by atoms with E-state index >= 15 is 0 Å². The Morgan fingerprint density at radius 1 is 1.47 bits per heavy atom. The molecule has 1 aliphatic heterocycles. The maximum absolute atomic E-state index is 9.28. The normalized spacial score (nSPS) is 23.8. The van der Waals surface area contributed by atoms with Crippen LogP contribution in [0.25, 0.3) is 0 Å². The molecule has 1 aliphatic rings. The molecule has 2 unspecified atom stereocenters. The van der Waals surface area contributed by atoms with Crippen LogP contribution in [-0.2, 0) is 4.74 Å². The van der Waals surface area contributed by atoms with Crippen LogP contribution in [-0.4, -0.2) is 49.8 Å². The molecule has 4 heteroatoms. The van der Waals surface area contributed by atoms with Gasteiger partial charge in [0, 0.05) is 13.2 Å². The smallest absolute Gasteiger partial charge is 0.106 e. The predicted octanol–water partition coefficient (Wildman–Crippen LogP) is 2.16. The number of hydrogen-bond donors (Lipinski definition) is 1. The molecule has 1 saturated heterocycles. The molecule has 0 bridgehead atoms. The van der Waals surface area contributed by atoms with Crippen molar-refractivity contribution in [2.24, 2.45) is 0 Å². The average molecular weight is 267 g/mol. The Labute approximate surface area is 118 Å². The van der Waals surface area contributed by atoms with Crippen molar-refractivity contribution in [2.75, 3.05) is 33.3 Å². The fourth-order valence-electron chi connectivity index (χ4n) is 2.86. The van der Waals surface area contributed by atoms with Crippen molar-refractivity contribution < 1.29 is 4.74 Å². The fraction of sp³-hybridized carbons (Fsp3) is 0.933. The third-order valence-electron chi connectivity index (χ3n) is 4.24. The Bertz CT molecular complexity index is 282. The highest BCUT2D eigenvalue weighted by molar-refractivity contribution is 5.05. The highest BCUT2D eigenvalue weighted by Crippen LogP contribution is 2.18. The van der Waals surface area contributed by atoms with Crippen LogP contribution >= 0.6 is 0 Å². The van der Waals surface area contributed by atoms with Gasteiger partial charge in [0.15, 0.2) is 0 Å². The number of likely N-dealkylation sites (tertiary alicyclic amines) is 1. The standard InChI is InChI=1S/C15H29N3O/c1-4-15(13-16,17-3)9-7-11-18-10-6-8-14(12-18)19-5-2/h14,17H,4-12H2,1-3H3. The summed E-state index contributed by atoms with van der Waals surface area (Å²) in [7, 11) is 1.89. The molecular formula is C15H29N3O. The van der Waals surface area contributed by atoms with Gasteiger partial charge in [0.05, 0.1) is 12.2 Å². The third kappa shape index (κ3) is 5.10. The van der Waals surface area contributed by atoms with Crippen molar-refractivity contribution in [2.45, 2.75) is 57.6 Å². The van der Waals surface area contributed by atoms with Crippen molar-refractivity contribution in [1.82, 2.24) is 10.2 Å². The van der Waals surface area contributed by atoms with Gasteiger partial charge in [-0.15, -0.1) is 0 Å². The largest absolute Gasteiger partial charge is 0.377 e. The summed E-state index contributed by atoms with van der Waals surface area (Å²) in [4.78, 5) is 2.48. The van der Waals surface area contributed by atoms with E-state index in [1.165, 1.54) is 19.4 Å². The fourth-order valence-corrected chi connectivity index (χ4v) is 2.86. The zero-order valence-electron chi connectivity index (χ0n) is 12.7. The number of piperidine rings is 1. The molecule has 0 amide bonds. The van der Waals surface area contributed by atoms with Crippen molar-refractivity contribution in [1.29, 1.82) is 5.26 Å². The summed E-state index contributed by atoms with van der Waals surface area (Å²) in [6.07, 6.45) is 5.69. The van der Waals surface area contributed by atoms with Crippen molar-refractivity contribution in [3.63, 3.8) is 0 Å². The summed E-state index contributed by atoms with van der Waals surface area (Å²) in [5, 5.41) is 12.5. The Hall–Kier alpha value is -0.630. The van der Waals surface area contributed by atoms with Crippen LogP contribution in [0.2, 0.25) is 0 Å².